The first-order chi connectivity index (χ1) is 10.0. The summed E-state index contributed by atoms with van der Waals surface area (Å²) in [6, 6.07) is 2.39. The molecule has 2 aromatic heterocycles. The van der Waals surface area contributed by atoms with Gasteiger partial charge in [-0.05, 0) is 33.4 Å². The number of aryl methyl sites for hydroxylation is 2. The Kier molecular flexibility index (Phi) is 4.67. The Morgan fingerprint density at radius 2 is 2.10 bits per heavy atom. The molecule has 116 valence electrons. The fraction of sp³-hybridized carbons (Fsp3) is 0.600. The van der Waals surface area contributed by atoms with Crippen LogP contribution in [0.15, 0.2) is 12.3 Å². The fourth-order valence-electron chi connectivity index (χ4n) is 2.61. The Labute approximate surface area is 126 Å². The van der Waals surface area contributed by atoms with E-state index in [9.17, 15) is 0 Å². The fourth-order valence-corrected chi connectivity index (χ4v) is 2.61. The van der Waals surface area contributed by atoms with E-state index in [-0.39, 0.29) is 12.1 Å². The van der Waals surface area contributed by atoms with E-state index in [0.29, 0.717) is 0 Å². The number of methoxy groups -OCH3 is 1. The van der Waals surface area contributed by atoms with Gasteiger partial charge in [0.25, 0.3) is 0 Å². The second kappa shape index (κ2) is 6.30. The monoisotopic (exact) mass is 291 g/mol. The normalized spacial score (nSPS) is 12.9. The average molecular weight is 291 g/mol. The molecule has 21 heavy (non-hydrogen) atoms. The Morgan fingerprint density at radius 3 is 2.57 bits per heavy atom. The van der Waals surface area contributed by atoms with Crippen molar-refractivity contribution in [3.8, 4) is 5.75 Å². The van der Waals surface area contributed by atoms with Gasteiger partial charge < -0.3 is 10.1 Å². The maximum absolute atomic E-state index is 5.50. The zero-order valence-electron chi connectivity index (χ0n) is 13.7. The van der Waals surface area contributed by atoms with Gasteiger partial charge in [0.05, 0.1) is 30.7 Å². The van der Waals surface area contributed by atoms with Crippen molar-refractivity contribution in [3.05, 3.63) is 29.3 Å². The summed E-state index contributed by atoms with van der Waals surface area (Å²) in [5.41, 5.74) is 3.22. The van der Waals surface area contributed by atoms with Crippen LogP contribution in [0.5, 0.6) is 5.75 Å². The molecule has 2 rings (SSSR count). The van der Waals surface area contributed by atoms with Crippen molar-refractivity contribution in [1.82, 2.24) is 24.9 Å². The van der Waals surface area contributed by atoms with E-state index in [0.717, 1.165) is 29.3 Å². The van der Waals surface area contributed by atoms with Gasteiger partial charge in [0.15, 0.2) is 5.75 Å². The highest BCUT2D eigenvalue weighted by Gasteiger charge is 2.26. The van der Waals surface area contributed by atoms with Gasteiger partial charge in [-0.2, -0.15) is 10.2 Å². The Balaban J connectivity index is 2.55. The Morgan fingerprint density at radius 1 is 1.38 bits per heavy atom. The first-order valence-electron chi connectivity index (χ1n) is 7.34. The summed E-state index contributed by atoms with van der Waals surface area (Å²) >= 11 is 0. The first kappa shape index (κ1) is 15.6. The second-order valence-corrected chi connectivity index (χ2v) is 5.40. The third-order valence-corrected chi connectivity index (χ3v) is 3.69. The average Bonchev–Trinajstić information content (AvgIpc) is 3.04. The molecule has 0 amide bonds. The van der Waals surface area contributed by atoms with E-state index in [1.54, 1.807) is 13.3 Å². The zero-order valence-corrected chi connectivity index (χ0v) is 13.7. The Bertz CT molecular complexity index is 599. The van der Waals surface area contributed by atoms with E-state index < -0.39 is 0 Å². The van der Waals surface area contributed by atoms with Crippen molar-refractivity contribution in [3.63, 3.8) is 0 Å². The van der Waals surface area contributed by atoms with E-state index in [4.69, 9.17) is 4.74 Å². The molecule has 0 fully saturated rings. The summed E-state index contributed by atoms with van der Waals surface area (Å²) in [6.07, 6.45) is 2.70. The third kappa shape index (κ3) is 2.81. The van der Waals surface area contributed by atoms with Crippen molar-refractivity contribution in [2.75, 3.05) is 14.2 Å². The second-order valence-electron chi connectivity index (χ2n) is 5.40. The lowest BCUT2D eigenvalue weighted by Gasteiger charge is -2.21. The topological polar surface area (TPSA) is 56.9 Å². The molecular weight excluding hydrogens is 266 g/mol. The molecule has 6 heteroatoms. The van der Waals surface area contributed by atoms with Crippen molar-refractivity contribution in [1.29, 1.82) is 0 Å². The number of rotatable bonds is 6. The summed E-state index contributed by atoms with van der Waals surface area (Å²) < 4.78 is 9.43. The van der Waals surface area contributed by atoms with Gasteiger partial charge in [0, 0.05) is 13.1 Å². The van der Waals surface area contributed by atoms with Gasteiger partial charge in [0.2, 0.25) is 0 Å². The summed E-state index contributed by atoms with van der Waals surface area (Å²) in [4.78, 5) is 0. The molecule has 1 unspecified atom stereocenters. The largest absolute Gasteiger partial charge is 0.493 e. The highest BCUT2D eigenvalue weighted by molar-refractivity contribution is 5.35. The highest BCUT2D eigenvalue weighted by atomic mass is 16.5. The van der Waals surface area contributed by atoms with Crippen LogP contribution >= 0.6 is 0 Å². The van der Waals surface area contributed by atoms with Crippen molar-refractivity contribution in [2.24, 2.45) is 7.05 Å². The van der Waals surface area contributed by atoms with E-state index in [1.807, 2.05) is 23.5 Å². The lowest BCUT2D eigenvalue weighted by molar-refractivity contribution is 0.393. The van der Waals surface area contributed by atoms with Crippen LogP contribution in [0, 0.1) is 0 Å². The van der Waals surface area contributed by atoms with Crippen LogP contribution in [0.2, 0.25) is 0 Å². The molecule has 2 heterocycles. The number of nitrogens with zero attached hydrogens (tertiary/aromatic N) is 4. The van der Waals surface area contributed by atoms with Crippen LogP contribution < -0.4 is 10.1 Å². The molecule has 0 radical (unpaired) electrons. The summed E-state index contributed by atoms with van der Waals surface area (Å²) in [7, 11) is 5.60. The molecule has 0 spiro atoms. The highest BCUT2D eigenvalue weighted by Crippen LogP contribution is 2.31. The number of hydrogen-bond donors (Lipinski definition) is 1. The van der Waals surface area contributed by atoms with Crippen LogP contribution in [0.3, 0.4) is 0 Å². The van der Waals surface area contributed by atoms with Crippen LogP contribution in [-0.4, -0.2) is 33.7 Å². The number of ether oxygens (including phenoxy) is 1. The van der Waals surface area contributed by atoms with E-state index >= 15 is 0 Å². The molecule has 0 aliphatic rings. The quantitative estimate of drug-likeness (QED) is 0.885. The summed E-state index contributed by atoms with van der Waals surface area (Å²) in [5.74, 6) is 0.794. The maximum atomic E-state index is 5.50. The van der Waals surface area contributed by atoms with E-state index in [1.165, 1.54) is 0 Å². The lowest BCUT2D eigenvalue weighted by atomic mass is 10.1. The van der Waals surface area contributed by atoms with Gasteiger partial charge in [0.1, 0.15) is 5.69 Å². The summed E-state index contributed by atoms with van der Waals surface area (Å²) in [5, 5.41) is 12.4. The van der Waals surface area contributed by atoms with Gasteiger partial charge in [-0.1, -0.05) is 6.92 Å². The van der Waals surface area contributed by atoms with Gasteiger partial charge in [-0.25, -0.2) is 0 Å². The van der Waals surface area contributed by atoms with Gasteiger partial charge >= 0.3 is 0 Å². The molecule has 0 aliphatic heterocycles. The minimum atomic E-state index is -0.0114. The minimum Gasteiger partial charge on any atom is -0.493 e. The van der Waals surface area contributed by atoms with Crippen molar-refractivity contribution in [2.45, 2.75) is 39.3 Å². The van der Waals surface area contributed by atoms with Crippen LogP contribution in [-0.2, 0) is 13.5 Å². The zero-order chi connectivity index (χ0) is 15.6. The lowest BCUT2D eigenvalue weighted by Crippen LogP contribution is -2.25. The Hall–Kier alpha value is -1.82. The minimum absolute atomic E-state index is 0.0114. The molecule has 1 atom stereocenters. The molecule has 0 aliphatic carbocycles. The molecule has 0 bridgehead atoms. The standard InChI is InChI=1S/C15H25N5O/c1-7-11-8-12(19(5)18-11)14(16-4)15-13(21-6)9-17-20(15)10(2)3/h8-10,14,16H,7H2,1-6H3. The van der Waals surface area contributed by atoms with E-state index in [2.05, 4.69) is 42.4 Å². The smallest absolute Gasteiger partial charge is 0.162 e. The summed E-state index contributed by atoms with van der Waals surface area (Å²) in [6.45, 7) is 6.34. The van der Waals surface area contributed by atoms with Crippen LogP contribution in [0.25, 0.3) is 0 Å². The van der Waals surface area contributed by atoms with Gasteiger partial charge in [-0.3, -0.25) is 9.36 Å². The first-order valence-corrected chi connectivity index (χ1v) is 7.34. The third-order valence-electron chi connectivity index (χ3n) is 3.69. The van der Waals surface area contributed by atoms with Gasteiger partial charge in [-0.15, -0.1) is 0 Å². The van der Waals surface area contributed by atoms with Crippen molar-refractivity contribution >= 4 is 0 Å². The number of aromatic nitrogens is 4. The molecular formula is C15H25N5O. The molecule has 2 aromatic rings. The number of hydrogen-bond acceptors (Lipinski definition) is 4. The predicted molar refractivity (Wildman–Crippen MR) is 82.7 cm³/mol. The molecule has 6 nitrogen and oxygen atoms in total. The predicted octanol–water partition coefficient (Wildman–Crippen LogP) is 2.08. The van der Waals surface area contributed by atoms with Crippen LogP contribution in [0.1, 0.15) is 49.9 Å². The van der Waals surface area contributed by atoms with Crippen molar-refractivity contribution < 1.29 is 4.74 Å². The molecule has 0 aromatic carbocycles. The SMILES string of the molecule is CCc1cc(C(NC)c2c(OC)cnn2C(C)C)n(C)n1. The maximum Gasteiger partial charge on any atom is 0.162 e. The van der Waals surface area contributed by atoms with Crippen LogP contribution in [0.4, 0.5) is 0 Å². The molecule has 0 saturated heterocycles. The molecule has 0 saturated carbocycles. The molecule has 1 N–H and O–H groups in total. The number of nitrogens with one attached hydrogen (secondary N) is 1.